The predicted octanol–water partition coefficient (Wildman–Crippen LogP) is -0.457. The molecule has 0 rings (SSSR count). The topological polar surface area (TPSA) is 98.2 Å². The SMILES string of the molecule is CCC(CC)C(N)CNS(N)(=O)=O. The van der Waals surface area contributed by atoms with Gasteiger partial charge in [-0.15, -0.1) is 0 Å². The maximum absolute atomic E-state index is 10.5. The zero-order valence-corrected chi connectivity index (χ0v) is 8.97. The van der Waals surface area contributed by atoms with Crippen LogP contribution < -0.4 is 15.6 Å². The summed E-state index contributed by atoms with van der Waals surface area (Å²) in [5, 5.41) is 4.77. The summed E-state index contributed by atoms with van der Waals surface area (Å²) in [6, 6.07) is -0.159. The van der Waals surface area contributed by atoms with Gasteiger partial charge in [-0.25, -0.2) is 9.86 Å². The first kappa shape index (κ1) is 12.8. The third-order valence-corrected chi connectivity index (χ3v) is 2.74. The van der Waals surface area contributed by atoms with E-state index >= 15 is 0 Å². The molecule has 0 radical (unpaired) electrons. The van der Waals surface area contributed by atoms with Gasteiger partial charge in [0.05, 0.1) is 0 Å². The lowest BCUT2D eigenvalue weighted by atomic mass is 9.95. The van der Waals surface area contributed by atoms with Crippen LogP contribution in [0.5, 0.6) is 0 Å². The van der Waals surface area contributed by atoms with Crippen molar-refractivity contribution < 1.29 is 8.42 Å². The summed E-state index contributed by atoms with van der Waals surface area (Å²) < 4.78 is 23.3. The molecule has 0 bridgehead atoms. The first-order valence-corrected chi connectivity index (χ1v) is 5.98. The molecule has 0 saturated carbocycles. The fourth-order valence-corrected chi connectivity index (χ4v) is 1.70. The Kier molecular flexibility index (Phi) is 5.46. The van der Waals surface area contributed by atoms with Crippen molar-refractivity contribution in [3.05, 3.63) is 0 Å². The average Bonchev–Trinajstić information content (AvgIpc) is 2.02. The van der Waals surface area contributed by atoms with Crippen molar-refractivity contribution in [1.29, 1.82) is 0 Å². The summed E-state index contributed by atoms with van der Waals surface area (Å²) in [4.78, 5) is 0. The molecular formula is C7H19N3O2S. The van der Waals surface area contributed by atoms with E-state index < -0.39 is 10.2 Å². The summed E-state index contributed by atoms with van der Waals surface area (Å²) >= 11 is 0. The van der Waals surface area contributed by atoms with E-state index in [0.717, 1.165) is 12.8 Å². The van der Waals surface area contributed by atoms with Gasteiger partial charge in [0.25, 0.3) is 10.2 Å². The number of nitrogens with two attached hydrogens (primary N) is 2. The quantitative estimate of drug-likeness (QED) is 0.552. The van der Waals surface area contributed by atoms with Crippen molar-refractivity contribution in [2.45, 2.75) is 32.7 Å². The lowest BCUT2D eigenvalue weighted by Crippen LogP contribution is -2.43. The van der Waals surface area contributed by atoms with Crippen LogP contribution in [0.1, 0.15) is 26.7 Å². The zero-order chi connectivity index (χ0) is 10.5. The minimum absolute atomic E-state index is 0.159. The number of rotatable bonds is 6. The van der Waals surface area contributed by atoms with E-state index in [1.807, 2.05) is 13.8 Å². The highest BCUT2D eigenvalue weighted by Crippen LogP contribution is 2.10. The van der Waals surface area contributed by atoms with Gasteiger partial charge in [0.15, 0.2) is 0 Å². The van der Waals surface area contributed by atoms with Gasteiger partial charge in [-0.2, -0.15) is 8.42 Å². The Labute approximate surface area is 80.1 Å². The molecule has 0 amide bonds. The molecule has 13 heavy (non-hydrogen) atoms. The highest BCUT2D eigenvalue weighted by atomic mass is 32.2. The summed E-state index contributed by atoms with van der Waals surface area (Å²) in [6.07, 6.45) is 1.90. The van der Waals surface area contributed by atoms with Crippen LogP contribution >= 0.6 is 0 Å². The molecule has 0 aromatic heterocycles. The van der Waals surface area contributed by atoms with E-state index in [1.54, 1.807) is 0 Å². The standard InChI is InChI=1S/C7H19N3O2S/c1-3-6(4-2)7(8)5-10-13(9,11)12/h6-7,10H,3-5,8H2,1-2H3,(H2,9,11,12). The van der Waals surface area contributed by atoms with Crippen LogP contribution in [0.3, 0.4) is 0 Å². The molecule has 1 unspecified atom stereocenters. The second-order valence-electron chi connectivity index (χ2n) is 3.13. The molecular weight excluding hydrogens is 190 g/mol. The van der Waals surface area contributed by atoms with E-state index in [1.165, 1.54) is 0 Å². The second kappa shape index (κ2) is 5.54. The molecule has 6 heteroatoms. The molecule has 0 fully saturated rings. The molecule has 0 saturated heterocycles. The Bertz CT molecular complexity index is 224. The van der Waals surface area contributed by atoms with Crippen molar-refractivity contribution >= 4 is 10.2 Å². The van der Waals surface area contributed by atoms with Crippen LogP contribution in [-0.2, 0) is 10.2 Å². The van der Waals surface area contributed by atoms with E-state index in [0.29, 0.717) is 5.92 Å². The number of hydrogen-bond acceptors (Lipinski definition) is 3. The molecule has 0 aliphatic heterocycles. The molecule has 0 spiro atoms. The molecule has 0 aromatic carbocycles. The van der Waals surface area contributed by atoms with Crippen molar-refractivity contribution in [1.82, 2.24) is 4.72 Å². The molecule has 5 N–H and O–H groups in total. The van der Waals surface area contributed by atoms with E-state index in [9.17, 15) is 8.42 Å². The summed E-state index contributed by atoms with van der Waals surface area (Å²) in [6.45, 7) is 4.28. The Hall–Kier alpha value is -0.170. The van der Waals surface area contributed by atoms with Gasteiger partial charge in [0, 0.05) is 12.6 Å². The summed E-state index contributed by atoms with van der Waals surface area (Å²) in [7, 11) is -3.60. The highest BCUT2D eigenvalue weighted by Gasteiger charge is 2.15. The largest absolute Gasteiger partial charge is 0.326 e. The third-order valence-electron chi connectivity index (χ3n) is 2.17. The molecule has 5 nitrogen and oxygen atoms in total. The van der Waals surface area contributed by atoms with Gasteiger partial charge in [-0.3, -0.25) is 0 Å². The first-order chi connectivity index (χ1) is 5.90. The molecule has 0 aromatic rings. The van der Waals surface area contributed by atoms with E-state index in [2.05, 4.69) is 4.72 Å². The van der Waals surface area contributed by atoms with Crippen LogP contribution in [-0.4, -0.2) is 21.0 Å². The lowest BCUT2D eigenvalue weighted by Gasteiger charge is -2.20. The Morgan fingerprint density at radius 3 is 2.08 bits per heavy atom. The van der Waals surface area contributed by atoms with Crippen LogP contribution in [0.4, 0.5) is 0 Å². The smallest absolute Gasteiger partial charge is 0.274 e. The Balaban J connectivity index is 3.92. The molecule has 80 valence electrons. The van der Waals surface area contributed by atoms with Crippen LogP contribution in [0.25, 0.3) is 0 Å². The minimum Gasteiger partial charge on any atom is -0.326 e. The Morgan fingerprint density at radius 2 is 1.77 bits per heavy atom. The van der Waals surface area contributed by atoms with Gasteiger partial charge >= 0.3 is 0 Å². The molecule has 0 aliphatic rings. The van der Waals surface area contributed by atoms with Crippen LogP contribution in [0, 0.1) is 5.92 Å². The van der Waals surface area contributed by atoms with Crippen LogP contribution in [0.15, 0.2) is 0 Å². The van der Waals surface area contributed by atoms with Crippen molar-refractivity contribution in [2.75, 3.05) is 6.54 Å². The maximum atomic E-state index is 10.5. The van der Waals surface area contributed by atoms with Crippen molar-refractivity contribution in [3.63, 3.8) is 0 Å². The van der Waals surface area contributed by atoms with Crippen molar-refractivity contribution in [2.24, 2.45) is 16.8 Å². The van der Waals surface area contributed by atoms with Crippen molar-refractivity contribution in [3.8, 4) is 0 Å². The third kappa shape index (κ3) is 5.98. The fraction of sp³-hybridized carbons (Fsp3) is 1.00. The lowest BCUT2D eigenvalue weighted by molar-refractivity contribution is 0.392. The maximum Gasteiger partial charge on any atom is 0.274 e. The average molecular weight is 209 g/mol. The van der Waals surface area contributed by atoms with Gasteiger partial charge < -0.3 is 5.73 Å². The normalized spacial score (nSPS) is 14.8. The van der Waals surface area contributed by atoms with Gasteiger partial charge in [0.1, 0.15) is 0 Å². The molecule has 0 heterocycles. The predicted molar refractivity (Wildman–Crippen MR) is 53.2 cm³/mol. The van der Waals surface area contributed by atoms with E-state index in [4.69, 9.17) is 10.9 Å². The monoisotopic (exact) mass is 209 g/mol. The Morgan fingerprint density at radius 1 is 1.31 bits per heavy atom. The van der Waals surface area contributed by atoms with Gasteiger partial charge in [-0.1, -0.05) is 26.7 Å². The second-order valence-corrected chi connectivity index (χ2v) is 4.51. The fourth-order valence-electron chi connectivity index (χ4n) is 1.27. The first-order valence-electron chi connectivity index (χ1n) is 4.43. The van der Waals surface area contributed by atoms with E-state index in [-0.39, 0.29) is 12.6 Å². The van der Waals surface area contributed by atoms with Gasteiger partial charge in [0.2, 0.25) is 0 Å². The summed E-state index contributed by atoms with van der Waals surface area (Å²) in [5.74, 6) is 0.342. The summed E-state index contributed by atoms with van der Waals surface area (Å²) in [5.41, 5.74) is 5.76. The zero-order valence-electron chi connectivity index (χ0n) is 8.16. The van der Waals surface area contributed by atoms with Gasteiger partial charge in [-0.05, 0) is 5.92 Å². The highest BCUT2D eigenvalue weighted by molar-refractivity contribution is 7.87. The number of nitrogens with one attached hydrogen (secondary N) is 1. The molecule has 0 aliphatic carbocycles. The minimum atomic E-state index is -3.60. The number of hydrogen-bond donors (Lipinski definition) is 3. The molecule has 1 atom stereocenters. The van der Waals surface area contributed by atoms with Crippen LogP contribution in [0.2, 0.25) is 0 Å².